The van der Waals surface area contributed by atoms with Gasteiger partial charge in [-0.05, 0) is 30.0 Å². The second kappa shape index (κ2) is 8.71. The summed E-state index contributed by atoms with van der Waals surface area (Å²) in [6.45, 7) is 6.29. The predicted octanol–water partition coefficient (Wildman–Crippen LogP) is 5.10. The van der Waals surface area contributed by atoms with Crippen LogP contribution in [0.15, 0.2) is 54.6 Å². The number of aromatic amines is 1. The number of nitrogens with one attached hydrogen (secondary N) is 3. The number of hydrogen-bond donors (Lipinski definition) is 3. The van der Waals surface area contributed by atoms with Crippen LogP contribution in [0.25, 0.3) is 11.0 Å². The highest BCUT2D eigenvalue weighted by Crippen LogP contribution is 2.23. The van der Waals surface area contributed by atoms with E-state index in [9.17, 15) is 4.79 Å². The molecule has 0 fully saturated rings. The van der Waals surface area contributed by atoms with Crippen molar-refractivity contribution in [3.8, 4) is 0 Å². The largest absolute Gasteiger partial charge is 0.340 e. The lowest BCUT2D eigenvalue weighted by Gasteiger charge is -2.24. The molecule has 2 atom stereocenters. The number of carbonyl (C=O) groups is 1. The van der Waals surface area contributed by atoms with Crippen LogP contribution >= 0.6 is 0 Å². The maximum absolute atomic E-state index is 12.7. The van der Waals surface area contributed by atoms with Gasteiger partial charge >= 0.3 is 6.03 Å². The van der Waals surface area contributed by atoms with Gasteiger partial charge in [-0.1, -0.05) is 69.7 Å². The van der Waals surface area contributed by atoms with Crippen molar-refractivity contribution < 1.29 is 4.79 Å². The minimum absolute atomic E-state index is 0.000291. The zero-order valence-corrected chi connectivity index (χ0v) is 16.2. The van der Waals surface area contributed by atoms with Crippen LogP contribution in [-0.4, -0.2) is 16.0 Å². The molecular formula is C22H28N4O. The lowest BCUT2D eigenvalue weighted by atomic mass is 10.0. The van der Waals surface area contributed by atoms with Crippen LogP contribution in [0.2, 0.25) is 0 Å². The van der Waals surface area contributed by atoms with Crippen LogP contribution in [0.5, 0.6) is 0 Å². The lowest BCUT2D eigenvalue weighted by molar-refractivity contribution is 0.227. The lowest BCUT2D eigenvalue weighted by Crippen LogP contribution is -2.41. The van der Waals surface area contributed by atoms with Crippen LogP contribution < -0.4 is 10.6 Å². The molecule has 1 heterocycles. The van der Waals surface area contributed by atoms with Crippen LogP contribution in [-0.2, 0) is 0 Å². The molecule has 1 aromatic heterocycles. The molecule has 3 rings (SSSR count). The van der Waals surface area contributed by atoms with Gasteiger partial charge in [-0.25, -0.2) is 9.78 Å². The number of aromatic nitrogens is 2. The molecule has 0 radical (unpaired) electrons. The Balaban J connectivity index is 1.74. The third kappa shape index (κ3) is 4.67. The monoisotopic (exact) mass is 364 g/mol. The Kier molecular flexibility index (Phi) is 6.12. The normalized spacial score (nSPS) is 13.5. The van der Waals surface area contributed by atoms with E-state index in [0.717, 1.165) is 35.3 Å². The fraction of sp³-hybridized carbons (Fsp3) is 0.364. The molecule has 5 nitrogen and oxygen atoms in total. The summed E-state index contributed by atoms with van der Waals surface area (Å²) in [5.41, 5.74) is 3.02. The molecule has 2 unspecified atom stereocenters. The summed E-state index contributed by atoms with van der Waals surface area (Å²) in [5, 5.41) is 6.24. The van der Waals surface area contributed by atoms with Crippen molar-refractivity contribution in [2.75, 3.05) is 0 Å². The summed E-state index contributed by atoms with van der Waals surface area (Å²) < 4.78 is 0. The minimum atomic E-state index is -0.185. The molecule has 3 aromatic rings. The number of fused-ring (bicyclic) bond motifs is 1. The molecule has 27 heavy (non-hydrogen) atoms. The van der Waals surface area contributed by atoms with Gasteiger partial charge in [-0.15, -0.1) is 0 Å². The van der Waals surface area contributed by atoms with E-state index in [4.69, 9.17) is 0 Å². The summed E-state index contributed by atoms with van der Waals surface area (Å²) in [6, 6.07) is 17.7. The van der Waals surface area contributed by atoms with Crippen LogP contribution in [0.4, 0.5) is 4.79 Å². The average molecular weight is 364 g/mol. The van der Waals surface area contributed by atoms with Crippen molar-refractivity contribution in [1.29, 1.82) is 0 Å². The first kappa shape index (κ1) is 19.0. The van der Waals surface area contributed by atoms with Crippen molar-refractivity contribution in [2.45, 2.75) is 45.7 Å². The molecule has 0 saturated carbocycles. The SMILES string of the molecule is CCCC(NC(=O)NC(c1nc2ccccc2[nH]1)C(C)C)c1ccccc1. The minimum Gasteiger partial charge on any atom is -0.340 e. The number of imidazole rings is 1. The number of H-pyrrole nitrogens is 1. The number of urea groups is 1. The highest BCUT2D eigenvalue weighted by atomic mass is 16.2. The number of amides is 2. The number of hydrogen-bond acceptors (Lipinski definition) is 2. The van der Waals surface area contributed by atoms with E-state index in [1.807, 2.05) is 42.5 Å². The number of benzene rings is 2. The molecule has 0 aliphatic carbocycles. The Morgan fingerprint density at radius 1 is 1.04 bits per heavy atom. The standard InChI is InChI=1S/C22H28N4O/c1-4-10-17(16-11-6-5-7-12-16)25-22(27)26-20(15(2)3)21-23-18-13-8-9-14-19(18)24-21/h5-9,11-15,17,20H,4,10H2,1-3H3,(H,23,24)(H2,25,26,27). The fourth-order valence-electron chi connectivity index (χ4n) is 3.31. The van der Waals surface area contributed by atoms with Gasteiger partial charge in [-0.2, -0.15) is 0 Å². The van der Waals surface area contributed by atoms with Crippen molar-refractivity contribution in [2.24, 2.45) is 5.92 Å². The van der Waals surface area contributed by atoms with Gasteiger partial charge < -0.3 is 15.6 Å². The Hall–Kier alpha value is -2.82. The van der Waals surface area contributed by atoms with Crippen molar-refractivity contribution in [3.05, 3.63) is 66.0 Å². The molecule has 0 bridgehead atoms. The molecule has 5 heteroatoms. The number of para-hydroxylation sites is 2. The smallest absolute Gasteiger partial charge is 0.315 e. The predicted molar refractivity (Wildman–Crippen MR) is 109 cm³/mol. The Morgan fingerprint density at radius 3 is 2.41 bits per heavy atom. The van der Waals surface area contributed by atoms with E-state index in [1.54, 1.807) is 0 Å². The summed E-state index contributed by atoms with van der Waals surface area (Å²) in [7, 11) is 0. The van der Waals surface area contributed by atoms with Gasteiger partial charge in [0, 0.05) is 0 Å². The van der Waals surface area contributed by atoms with Crippen LogP contribution in [0.3, 0.4) is 0 Å². The topological polar surface area (TPSA) is 69.8 Å². The van der Waals surface area contributed by atoms with Gasteiger partial charge in [-0.3, -0.25) is 0 Å². The molecule has 2 aromatic carbocycles. The van der Waals surface area contributed by atoms with E-state index in [-0.39, 0.29) is 24.0 Å². The number of nitrogens with zero attached hydrogens (tertiary/aromatic N) is 1. The van der Waals surface area contributed by atoms with Gasteiger partial charge in [0.15, 0.2) is 0 Å². The summed E-state index contributed by atoms with van der Waals surface area (Å²) in [4.78, 5) is 20.7. The number of rotatable bonds is 7. The number of carbonyl (C=O) groups excluding carboxylic acids is 1. The highest BCUT2D eigenvalue weighted by Gasteiger charge is 2.23. The first-order valence-electron chi connectivity index (χ1n) is 9.65. The molecular weight excluding hydrogens is 336 g/mol. The fourth-order valence-corrected chi connectivity index (χ4v) is 3.31. The summed E-state index contributed by atoms with van der Waals surface area (Å²) >= 11 is 0. The first-order chi connectivity index (χ1) is 13.1. The second-order valence-corrected chi connectivity index (χ2v) is 7.23. The maximum Gasteiger partial charge on any atom is 0.315 e. The zero-order valence-electron chi connectivity index (χ0n) is 16.2. The first-order valence-corrected chi connectivity index (χ1v) is 9.65. The van der Waals surface area contributed by atoms with E-state index in [0.29, 0.717) is 0 Å². The van der Waals surface area contributed by atoms with Crippen LogP contribution in [0.1, 0.15) is 57.1 Å². The average Bonchev–Trinajstić information content (AvgIpc) is 3.10. The van der Waals surface area contributed by atoms with Crippen LogP contribution in [0, 0.1) is 5.92 Å². The molecule has 142 valence electrons. The highest BCUT2D eigenvalue weighted by molar-refractivity contribution is 5.76. The second-order valence-electron chi connectivity index (χ2n) is 7.23. The Labute approximate surface area is 160 Å². The van der Waals surface area contributed by atoms with E-state index in [2.05, 4.69) is 53.5 Å². The summed E-state index contributed by atoms with van der Waals surface area (Å²) in [6.07, 6.45) is 1.89. The van der Waals surface area contributed by atoms with Crippen molar-refractivity contribution >= 4 is 17.1 Å². The van der Waals surface area contributed by atoms with Gasteiger partial charge in [0.25, 0.3) is 0 Å². The summed E-state index contributed by atoms with van der Waals surface area (Å²) in [5.74, 6) is 0.991. The van der Waals surface area contributed by atoms with E-state index >= 15 is 0 Å². The molecule has 0 spiro atoms. The molecule has 3 N–H and O–H groups in total. The molecule has 0 aliphatic rings. The Bertz CT molecular complexity index is 839. The molecule has 0 aliphatic heterocycles. The van der Waals surface area contributed by atoms with Gasteiger partial charge in [0.05, 0.1) is 23.1 Å². The van der Waals surface area contributed by atoms with Gasteiger partial charge in [0.2, 0.25) is 0 Å². The maximum atomic E-state index is 12.7. The quantitative estimate of drug-likeness (QED) is 0.546. The van der Waals surface area contributed by atoms with Gasteiger partial charge in [0.1, 0.15) is 5.82 Å². The van der Waals surface area contributed by atoms with E-state index < -0.39 is 0 Å². The van der Waals surface area contributed by atoms with Crippen molar-refractivity contribution in [1.82, 2.24) is 20.6 Å². The molecule has 0 saturated heterocycles. The van der Waals surface area contributed by atoms with Crippen molar-refractivity contribution in [3.63, 3.8) is 0 Å². The molecule has 2 amide bonds. The third-order valence-electron chi connectivity index (χ3n) is 4.74. The van der Waals surface area contributed by atoms with E-state index in [1.165, 1.54) is 0 Å². The third-order valence-corrected chi connectivity index (χ3v) is 4.74. The zero-order chi connectivity index (χ0) is 19.2. The Morgan fingerprint density at radius 2 is 1.74 bits per heavy atom.